The van der Waals surface area contributed by atoms with Crippen molar-refractivity contribution in [2.24, 2.45) is 0 Å². The fraction of sp³-hybridized carbons (Fsp3) is 0. The fourth-order valence-electron chi connectivity index (χ4n) is 10.8. The number of benzene rings is 13. The summed E-state index contributed by atoms with van der Waals surface area (Å²) in [5.74, 6) is 0. The van der Waals surface area contributed by atoms with Gasteiger partial charge in [-0.2, -0.15) is 0 Å². The van der Waals surface area contributed by atoms with Gasteiger partial charge in [0.1, 0.15) is 0 Å². The zero-order valence-electron chi connectivity index (χ0n) is 33.9. The van der Waals surface area contributed by atoms with Crippen molar-refractivity contribution in [3.63, 3.8) is 0 Å². The first-order valence-electron chi connectivity index (χ1n) is 21.6. The molecule has 0 atom stereocenters. The second-order valence-electron chi connectivity index (χ2n) is 16.6. The molecule has 0 bridgehead atoms. The van der Waals surface area contributed by atoms with Crippen molar-refractivity contribution in [3.05, 3.63) is 231 Å². The van der Waals surface area contributed by atoms with Crippen molar-refractivity contribution in [2.75, 3.05) is 0 Å². The molecule has 0 aliphatic rings. The third kappa shape index (κ3) is 5.08. The summed E-state index contributed by atoms with van der Waals surface area (Å²) >= 11 is 0. The number of hydrogen-bond donors (Lipinski definition) is 0. The largest absolute Gasteiger partial charge is 0.0622 e. The van der Waals surface area contributed by atoms with Gasteiger partial charge in [0.05, 0.1) is 0 Å². The SMILES string of the molecule is c1ccc(-c2ccc(-c3ccccc3)c(-c3ccc(-c4c5ccccc5c5c6c4cccc6c4cccc6c(-c7ccccc7)c7ccccc7c5c64)c4ccccc34)c2)cc1. The highest BCUT2D eigenvalue weighted by molar-refractivity contribution is 6.45. The molecule has 13 aromatic carbocycles. The maximum absolute atomic E-state index is 2.40. The van der Waals surface area contributed by atoms with Crippen LogP contribution in [0.2, 0.25) is 0 Å². The van der Waals surface area contributed by atoms with Gasteiger partial charge in [-0.05, 0) is 137 Å². The van der Waals surface area contributed by atoms with E-state index in [9.17, 15) is 0 Å². The van der Waals surface area contributed by atoms with Crippen molar-refractivity contribution >= 4 is 75.4 Å². The Bertz CT molecular complexity index is 3880. The molecule has 0 saturated carbocycles. The number of rotatable bonds is 5. The molecule has 62 heavy (non-hydrogen) atoms. The van der Waals surface area contributed by atoms with Gasteiger partial charge in [0.25, 0.3) is 0 Å². The molecule has 0 heterocycles. The van der Waals surface area contributed by atoms with Crippen LogP contribution in [0.25, 0.3) is 131 Å². The molecule has 13 aromatic rings. The highest BCUT2D eigenvalue weighted by atomic mass is 14.3. The van der Waals surface area contributed by atoms with E-state index < -0.39 is 0 Å². The van der Waals surface area contributed by atoms with E-state index >= 15 is 0 Å². The van der Waals surface area contributed by atoms with Crippen LogP contribution in [-0.4, -0.2) is 0 Å². The van der Waals surface area contributed by atoms with Crippen LogP contribution >= 0.6 is 0 Å². The zero-order chi connectivity index (χ0) is 40.7. The van der Waals surface area contributed by atoms with E-state index in [2.05, 4.69) is 231 Å². The Morgan fingerprint density at radius 3 is 1.15 bits per heavy atom. The quantitative estimate of drug-likeness (QED) is 0.120. The Balaban J connectivity index is 1.15. The summed E-state index contributed by atoms with van der Waals surface area (Å²) in [5, 5.41) is 18.1. The predicted octanol–water partition coefficient (Wildman–Crippen LogP) is 17.5. The van der Waals surface area contributed by atoms with Crippen LogP contribution in [-0.2, 0) is 0 Å². The number of fused-ring (bicyclic) bond motifs is 7. The van der Waals surface area contributed by atoms with Crippen LogP contribution in [0.3, 0.4) is 0 Å². The van der Waals surface area contributed by atoms with E-state index in [1.807, 2.05) is 0 Å². The Labute approximate surface area is 359 Å². The van der Waals surface area contributed by atoms with Crippen LogP contribution < -0.4 is 0 Å². The lowest BCUT2D eigenvalue weighted by molar-refractivity contribution is 1.57. The number of hydrogen-bond acceptors (Lipinski definition) is 0. The smallest absolute Gasteiger partial charge is 0.000740 e. The Hall–Kier alpha value is -8.06. The van der Waals surface area contributed by atoms with Gasteiger partial charge in [-0.15, -0.1) is 0 Å². The topological polar surface area (TPSA) is 0 Å². The summed E-state index contributed by atoms with van der Waals surface area (Å²) in [4.78, 5) is 0. The summed E-state index contributed by atoms with van der Waals surface area (Å²) in [6.07, 6.45) is 0. The van der Waals surface area contributed by atoms with E-state index in [-0.39, 0.29) is 0 Å². The van der Waals surface area contributed by atoms with Gasteiger partial charge < -0.3 is 0 Å². The first kappa shape index (κ1) is 34.8. The van der Waals surface area contributed by atoms with Crippen LogP contribution in [0.15, 0.2) is 231 Å². The molecule has 0 spiro atoms. The minimum absolute atomic E-state index is 1.21. The molecule has 0 aromatic heterocycles. The van der Waals surface area contributed by atoms with Crippen molar-refractivity contribution in [1.82, 2.24) is 0 Å². The molecule has 0 heteroatoms. The van der Waals surface area contributed by atoms with Crippen molar-refractivity contribution in [1.29, 1.82) is 0 Å². The minimum atomic E-state index is 1.21. The zero-order valence-corrected chi connectivity index (χ0v) is 33.9. The lowest BCUT2D eigenvalue weighted by Gasteiger charge is -2.23. The van der Waals surface area contributed by atoms with Crippen LogP contribution in [0.5, 0.6) is 0 Å². The lowest BCUT2D eigenvalue weighted by Crippen LogP contribution is -1.95. The van der Waals surface area contributed by atoms with Crippen molar-refractivity contribution in [2.45, 2.75) is 0 Å². The van der Waals surface area contributed by atoms with E-state index in [1.165, 1.54) is 131 Å². The molecule has 0 aliphatic heterocycles. The Morgan fingerprint density at radius 2 is 0.548 bits per heavy atom. The molecular weight excluding hydrogens is 745 g/mol. The molecule has 0 fully saturated rings. The van der Waals surface area contributed by atoms with Crippen LogP contribution in [0.1, 0.15) is 0 Å². The predicted molar refractivity (Wildman–Crippen MR) is 267 cm³/mol. The van der Waals surface area contributed by atoms with E-state index in [0.29, 0.717) is 0 Å². The molecule has 0 saturated heterocycles. The molecule has 286 valence electrons. The van der Waals surface area contributed by atoms with Gasteiger partial charge in [-0.1, -0.05) is 224 Å². The van der Waals surface area contributed by atoms with Crippen LogP contribution in [0, 0.1) is 0 Å². The normalized spacial score (nSPS) is 11.9. The molecule has 0 N–H and O–H groups in total. The molecule has 0 nitrogen and oxygen atoms in total. The summed E-state index contributed by atoms with van der Waals surface area (Å²) in [7, 11) is 0. The molecule has 13 rings (SSSR count). The first-order valence-corrected chi connectivity index (χ1v) is 21.6. The average molecular weight is 783 g/mol. The third-order valence-corrected chi connectivity index (χ3v) is 13.4. The van der Waals surface area contributed by atoms with Gasteiger partial charge in [0, 0.05) is 0 Å². The lowest BCUT2D eigenvalue weighted by atomic mass is 9.79. The highest BCUT2D eigenvalue weighted by Crippen LogP contribution is 2.53. The summed E-state index contributed by atoms with van der Waals surface area (Å²) < 4.78 is 0. The molecule has 0 aliphatic carbocycles. The maximum Gasteiger partial charge on any atom is -0.000740 e. The van der Waals surface area contributed by atoms with Gasteiger partial charge in [-0.25, -0.2) is 0 Å². The molecule has 0 amide bonds. The van der Waals surface area contributed by atoms with Gasteiger partial charge in [0.2, 0.25) is 0 Å². The van der Waals surface area contributed by atoms with Gasteiger partial charge >= 0.3 is 0 Å². The van der Waals surface area contributed by atoms with E-state index in [0.717, 1.165) is 0 Å². The minimum Gasteiger partial charge on any atom is -0.0622 e. The van der Waals surface area contributed by atoms with Crippen LogP contribution in [0.4, 0.5) is 0 Å². The first-order chi connectivity index (χ1) is 30.8. The second-order valence-corrected chi connectivity index (χ2v) is 16.6. The molecular formula is C62H38. The molecule has 0 unspecified atom stereocenters. The Morgan fingerprint density at radius 1 is 0.161 bits per heavy atom. The fourth-order valence-corrected chi connectivity index (χ4v) is 10.8. The maximum atomic E-state index is 2.40. The average Bonchev–Trinajstić information content (AvgIpc) is 3.35. The summed E-state index contributed by atoms with van der Waals surface area (Å²) in [6, 6.07) is 85.5. The third-order valence-electron chi connectivity index (χ3n) is 13.4. The molecule has 0 radical (unpaired) electrons. The highest BCUT2D eigenvalue weighted by Gasteiger charge is 2.24. The summed E-state index contributed by atoms with van der Waals surface area (Å²) in [6.45, 7) is 0. The van der Waals surface area contributed by atoms with E-state index in [1.54, 1.807) is 0 Å². The Kier molecular flexibility index (Phi) is 7.71. The second kappa shape index (κ2) is 13.7. The van der Waals surface area contributed by atoms with Gasteiger partial charge in [-0.3, -0.25) is 0 Å². The summed E-state index contributed by atoms with van der Waals surface area (Å²) in [5.41, 5.74) is 12.4. The van der Waals surface area contributed by atoms with E-state index in [4.69, 9.17) is 0 Å². The van der Waals surface area contributed by atoms with Crippen molar-refractivity contribution < 1.29 is 0 Å². The standard InChI is InChI=1S/C62H38/c1-4-18-39(19-5-1)42-34-35-43(40-20-6-2-7-21-40)56(38-42)46-36-37-53(45-25-11-10-24-44(45)46)58-48-27-13-15-29-52(48)62-60-50(31-17-33-55(58)60)49-30-16-32-54-57(41-22-8-3-9-23-41)47-26-12-14-28-51(47)61(62)59(49)54/h1-38H. The van der Waals surface area contributed by atoms with Crippen molar-refractivity contribution in [3.8, 4) is 55.6 Å². The monoisotopic (exact) mass is 782 g/mol. The van der Waals surface area contributed by atoms with Gasteiger partial charge in [0.15, 0.2) is 0 Å².